The fourth-order valence-corrected chi connectivity index (χ4v) is 2.70. The van der Waals surface area contributed by atoms with Gasteiger partial charge in [0.25, 0.3) is 0 Å². The third-order valence-corrected chi connectivity index (χ3v) is 3.75. The van der Waals surface area contributed by atoms with Gasteiger partial charge in [-0.25, -0.2) is 4.39 Å². The van der Waals surface area contributed by atoms with E-state index < -0.39 is 0 Å². The molecule has 19 heavy (non-hydrogen) atoms. The van der Waals surface area contributed by atoms with E-state index in [0.29, 0.717) is 11.3 Å². The summed E-state index contributed by atoms with van der Waals surface area (Å²) in [4.78, 5) is 0. The first-order valence-electron chi connectivity index (χ1n) is 6.85. The highest BCUT2D eigenvalue weighted by atomic mass is 19.1. The van der Waals surface area contributed by atoms with Crippen molar-refractivity contribution in [3.8, 4) is 0 Å². The Morgan fingerprint density at radius 1 is 1.32 bits per heavy atom. The van der Waals surface area contributed by atoms with Gasteiger partial charge < -0.3 is 10.2 Å². The lowest BCUT2D eigenvalue weighted by Crippen LogP contribution is -2.11. The van der Waals surface area contributed by atoms with Crippen molar-refractivity contribution in [2.45, 2.75) is 38.1 Å². The lowest BCUT2D eigenvalue weighted by molar-refractivity contribution is 0.472. The van der Waals surface area contributed by atoms with Crippen LogP contribution in [0.25, 0.3) is 11.0 Å². The minimum absolute atomic E-state index is 0.184. The van der Waals surface area contributed by atoms with Gasteiger partial charge in [0.2, 0.25) is 0 Å². The van der Waals surface area contributed by atoms with Crippen molar-refractivity contribution in [2.75, 3.05) is 0 Å². The zero-order chi connectivity index (χ0) is 13.2. The van der Waals surface area contributed by atoms with Crippen LogP contribution in [0.2, 0.25) is 0 Å². The zero-order valence-electron chi connectivity index (χ0n) is 10.9. The molecule has 0 saturated heterocycles. The van der Waals surface area contributed by atoms with E-state index in [-0.39, 0.29) is 11.9 Å². The van der Waals surface area contributed by atoms with Gasteiger partial charge in [-0.15, -0.1) is 0 Å². The van der Waals surface area contributed by atoms with Crippen LogP contribution in [0.15, 0.2) is 40.3 Å². The molecule has 0 spiro atoms. The van der Waals surface area contributed by atoms with E-state index >= 15 is 0 Å². The zero-order valence-corrected chi connectivity index (χ0v) is 10.9. The lowest BCUT2D eigenvalue weighted by Gasteiger charge is -2.15. The minimum atomic E-state index is -0.326. The molecule has 1 aromatic heterocycles. The summed E-state index contributed by atoms with van der Waals surface area (Å²) in [5, 5.41) is 0.781. The van der Waals surface area contributed by atoms with Gasteiger partial charge in [-0.05, 0) is 44.2 Å². The summed E-state index contributed by atoms with van der Waals surface area (Å²) in [6.45, 7) is 0. The van der Waals surface area contributed by atoms with Crippen LogP contribution in [0.5, 0.6) is 0 Å². The molecule has 1 atom stereocenters. The molecule has 1 aromatic carbocycles. The Kier molecular flexibility index (Phi) is 3.38. The fraction of sp³-hybridized carbons (Fsp3) is 0.375. The summed E-state index contributed by atoms with van der Waals surface area (Å²) in [5.41, 5.74) is 7.90. The highest BCUT2D eigenvalue weighted by Crippen LogP contribution is 2.30. The smallest absolute Gasteiger partial charge is 0.169 e. The van der Waals surface area contributed by atoms with Gasteiger partial charge in [0.05, 0.1) is 6.04 Å². The minimum Gasteiger partial charge on any atom is -0.456 e. The molecule has 1 aliphatic rings. The lowest BCUT2D eigenvalue weighted by atomic mass is 9.94. The molecule has 0 saturated carbocycles. The number of halogens is 1. The van der Waals surface area contributed by atoms with Crippen LogP contribution in [-0.4, -0.2) is 0 Å². The number of rotatable bonds is 3. The Bertz CT molecular complexity index is 614. The molecule has 1 unspecified atom stereocenters. The van der Waals surface area contributed by atoms with Crippen molar-refractivity contribution in [3.63, 3.8) is 0 Å². The van der Waals surface area contributed by atoms with Gasteiger partial charge in [0.1, 0.15) is 5.76 Å². The van der Waals surface area contributed by atoms with Crippen LogP contribution in [0, 0.1) is 5.82 Å². The van der Waals surface area contributed by atoms with Crippen LogP contribution in [-0.2, 0) is 0 Å². The Morgan fingerprint density at radius 2 is 2.21 bits per heavy atom. The molecule has 2 aromatic rings. The number of fused-ring (bicyclic) bond motifs is 1. The Balaban J connectivity index is 1.83. The van der Waals surface area contributed by atoms with Crippen LogP contribution < -0.4 is 5.73 Å². The van der Waals surface area contributed by atoms with Crippen molar-refractivity contribution in [2.24, 2.45) is 5.73 Å². The Morgan fingerprint density at radius 3 is 2.95 bits per heavy atom. The van der Waals surface area contributed by atoms with E-state index in [9.17, 15) is 4.39 Å². The molecule has 3 rings (SSSR count). The highest BCUT2D eigenvalue weighted by Gasteiger charge is 2.16. The van der Waals surface area contributed by atoms with Crippen molar-refractivity contribution in [1.82, 2.24) is 0 Å². The number of nitrogens with two attached hydrogens (primary N) is 1. The second-order valence-electron chi connectivity index (χ2n) is 5.23. The quantitative estimate of drug-likeness (QED) is 0.826. The monoisotopic (exact) mass is 259 g/mol. The van der Waals surface area contributed by atoms with E-state index in [4.69, 9.17) is 10.2 Å². The summed E-state index contributed by atoms with van der Waals surface area (Å²) in [6, 6.07) is 6.61. The molecular formula is C16H18FNO. The summed E-state index contributed by atoms with van der Waals surface area (Å²) in [7, 11) is 0. The van der Waals surface area contributed by atoms with Crippen molar-refractivity contribution in [1.29, 1.82) is 0 Å². The number of furan rings is 1. The van der Waals surface area contributed by atoms with E-state index in [2.05, 4.69) is 6.08 Å². The molecule has 1 aliphatic carbocycles. The third-order valence-electron chi connectivity index (χ3n) is 3.75. The first-order chi connectivity index (χ1) is 9.24. The molecule has 0 radical (unpaired) electrons. The molecule has 0 bridgehead atoms. The largest absolute Gasteiger partial charge is 0.456 e. The molecular weight excluding hydrogens is 241 g/mol. The van der Waals surface area contributed by atoms with Gasteiger partial charge in [-0.2, -0.15) is 0 Å². The van der Waals surface area contributed by atoms with Gasteiger partial charge >= 0.3 is 0 Å². The molecule has 1 heterocycles. The molecule has 0 aliphatic heterocycles. The maximum Gasteiger partial charge on any atom is 0.169 e. The number of benzene rings is 1. The number of hydrogen-bond donors (Lipinski definition) is 1. The highest BCUT2D eigenvalue weighted by molar-refractivity contribution is 5.78. The predicted octanol–water partition coefficient (Wildman–Crippen LogP) is 4.46. The van der Waals surface area contributed by atoms with Crippen LogP contribution in [0.3, 0.4) is 0 Å². The average Bonchev–Trinajstić information content (AvgIpc) is 2.85. The molecule has 100 valence electrons. The molecule has 0 fully saturated rings. The van der Waals surface area contributed by atoms with Crippen LogP contribution in [0.1, 0.15) is 43.9 Å². The summed E-state index contributed by atoms with van der Waals surface area (Å²) < 4.78 is 19.2. The predicted molar refractivity (Wildman–Crippen MR) is 74.3 cm³/mol. The fourth-order valence-electron chi connectivity index (χ4n) is 2.70. The average molecular weight is 259 g/mol. The van der Waals surface area contributed by atoms with Crippen molar-refractivity contribution < 1.29 is 8.81 Å². The topological polar surface area (TPSA) is 39.2 Å². The molecule has 0 amide bonds. The third kappa shape index (κ3) is 2.56. The van der Waals surface area contributed by atoms with Gasteiger partial charge in [-0.1, -0.05) is 23.8 Å². The van der Waals surface area contributed by atoms with Crippen molar-refractivity contribution in [3.05, 3.63) is 47.5 Å². The maximum absolute atomic E-state index is 13.6. The van der Waals surface area contributed by atoms with Crippen LogP contribution in [0.4, 0.5) is 4.39 Å². The van der Waals surface area contributed by atoms with E-state index in [1.165, 1.54) is 24.5 Å². The normalized spacial score (nSPS) is 17.5. The first kappa shape index (κ1) is 12.4. The van der Waals surface area contributed by atoms with Gasteiger partial charge in [-0.3, -0.25) is 0 Å². The Hall–Kier alpha value is -1.61. The number of para-hydroxylation sites is 1. The SMILES string of the molecule is NC(CC1=CCCCC1)c1cc2cccc(F)c2o1. The maximum atomic E-state index is 13.6. The van der Waals surface area contributed by atoms with E-state index in [1.807, 2.05) is 12.1 Å². The van der Waals surface area contributed by atoms with Crippen molar-refractivity contribution >= 4 is 11.0 Å². The summed E-state index contributed by atoms with van der Waals surface area (Å²) in [5.74, 6) is 0.347. The second-order valence-corrected chi connectivity index (χ2v) is 5.23. The van der Waals surface area contributed by atoms with E-state index in [0.717, 1.165) is 24.6 Å². The summed E-state index contributed by atoms with van der Waals surface area (Å²) in [6.07, 6.45) is 7.88. The molecule has 2 N–H and O–H groups in total. The first-order valence-corrected chi connectivity index (χ1v) is 6.85. The van der Waals surface area contributed by atoms with Gasteiger partial charge in [0, 0.05) is 5.39 Å². The summed E-state index contributed by atoms with van der Waals surface area (Å²) >= 11 is 0. The molecule has 3 heteroatoms. The molecule has 2 nitrogen and oxygen atoms in total. The number of allylic oxidation sites excluding steroid dienone is 1. The van der Waals surface area contributed by atoms with Crippen LogP contribution >= 0.6 is 0 Å². The van der Waals surface area contributed by atoms with Gasteiger partial charge in [0.15, 0.2) is 11.4 Å². The Labute approximate surface area is 112 Å². The van der Waals surface area contributed by atoms with E-state index in [1.54, 1.807) is 6.07 Å². The standard InChI is InChI=1S/C16H18FNO/c17-13-8-4-7-12-10-15(19-16(12)13)14(18)9-11-5-2-1-3-6-11/h4-5,7-8,10,14H,1-3,6,9,18H2. The second kappa shape index (κ2) is 5.17. The number of hydrogen-bond acceptors (Lipinski definition) is 2.